The summed E-state index contributed by atoms with van der Waals surface area (Å²) < 4.78 is 21.9. The first-order valence-corrected chi connectivity index (χ1v) is 13.8. The second kappa shape index (κ2) is 16.2. The number of carbonyl (C=O) groups excluding carboxylic acids is 1. The zero-order valence-electron chi connectivity index (χ0n) is 23.7. The van der Waals surface area contributed by atoms with Gasteiger partial charge in [0.2, 0.25) is 5.91 Å². The Kier molecular flexibility index (Phi) is 13.7. The molecule has 5 atom stereocenters. The summed E-state index contributed by atoms with van der Waals surface area (Å²) in [5.41, 5.74) is 7.67. The van der Waals surface area contributed by atoms with Crippen molar-refractivity contribution >= 4 is 5.91 Å². The van der Waals surface area contributed by atoms with Gasteiger partial charge in [-0.05, 0) is 61.1 Å². The summed E-state index contributed by atoms with van der Waals surface area (Å²) in [5, 5.41) is 14.1. The quantitative estimate of drug-likeness (QED) is 0.268. The molecule has 212 valence electrons. The van der Waals surface area contributed by atoms with Crippen molar-refractivity contribution < 1.29 is 28.8 Å². The van der Waals surface area contributed by atoms with Crippen molar-refractivity contribution in [2.24, 2.45) is 29.4 Å². The number of rotatable bonds is 17. The van der Waals surface area contributed by atoms with Gasteiger partial charge in [0.25, 0.3) is 0 Å². The highest BCUT2D eigenvalue weighted by molar-refractivity contribution is 5.79. The molecule has 8 nitrogen and oxygen atoms in total. The highest BCUT2D eigenvalue weighted by Crippen LogP contribution is 2.32. The first-order valence-electron chi connectivity index (χ1n) is 13.8. The molecule has 4 unspecified atom stereocenters. The molecule has 2 rings (SSSR count). The van der Waals surface area contributed by atoms with Gasteiger partial charge in [-0.2, -0.15) is 0 Å². The summed E-state index contributed by atoms with van der Waals surface area (Å²) in [7, 11) is 3.32. The van der Waals surface area contributed by atoms with Crippen LogP contribution < -0.4 is 20.5 Å². The van der Waals surface area contributed by atoms with Gasteiger partial charge < -0.3 is 35.1 Å². The van der Waals surface area contributed by atoms with Gasteiger partial charge in [-0.15, -0.1) is 0 Å². The molecule has 1 fully saturated rings. The van der Waals surface area contributed by atoms with Crippen LogP contribution in [0, 0.1) is 23.7 Å². The normalized spacial score (nSPS) is 19.0. The Morgan fingerprint density at radius 1 is 1.14 bits per heavy atom. The predicted octanol–water partition coefficient (Wildman–Crippen LogP) is 3.57. The molecular formula is C29H50N2O6. The average molecular weight is 523 g/mol. The molecule has 0 radical (unpaired) electrons. The van der Waals surface area contributed by atoms with Crippen LogP contribution in [0.25, 0.3) is 0 Å². The van der Waals surface area contributed by atoms with Gasteiger partial charge in [0.05, 0.1) is 32.5 Å². The molecule has 1 aromatic carbocycles. The van der Waals surface area contributed by atoms with Gasteiger partial charge in [-0.3, -0.25) is 4.79 Å². The number of aliphatic hydroxyl groups excluding tert-OH is 1. The van der Waals surface area contributed by atoms with E-state index in [0.29, 0.717) is 50.9 Å². The number of aliphatic hydroxyl groups is 1. The van der Waals surface area contributed by atoms with E-state index in [0.717, 1.165) is 30.6 Å². The molecule has 1 heterocycles. The van der Waals surface area contributed by atoms with Gasteiger partial charge in [-0.1, -0.05) is 33.8 Å². The fraction of sp³-hybridized carbons (Fsp3) is 0.759. The number of benzene rings is 1. The van der Waals surface area contributed by atoms with Crippen molar-refractivity contribution in [1.82, 2.24) is 5.32 Å². The van der Waals surface area contributed by atoms with E-state index >= 15 is 0 Å². The summed E-state index contributed by atoms with van der Waals surface area (Å²) >= 11 is 0. The lowest BCUT2D eigenvalue weighted by Gasteiger charge is -2.30. The summed E-state index contributed by atoms with van der Waals surface area (Å²) in [6.45, 7) is 10.8. The SMILES string of the molecule is COCCCOc1cc(CC(CC(N)C(O)CC(C(=O)N[C@H]2CCOC2)C(C)C)C(C)C)ccc1OC. The molecule has 0 aromatic heterocycles. The molecule has 0 aliphatic carbocycles. The molecule has 1 aliphatic heterocycles. The zero-order valence-corrected chi connectivity index (χ0v) is 23.7. The summed E-state index contributed by atoms with van der Waals surface area (Å²) in [6, 6.07) is 5.68. The van der Waals surface area contributed by atoms with Crippen LogP contribution in [-0.2, 0) is 20.7 Å². The van der Waals surface area contributed by atoms with E-state index in [9.17, 15) is 9.90 Å². The lowest BCUT2D eigenvalue weighted by Crippen LogP contribution is -2.45. The average Bonchev–Trinajstić information content (AvgIpc) is 3.37. The molecule has 1 saturated heterocycles. The van der Waals surface area contributed by atoms with Gasteiger partial charge in [0.15, 0.2) is 11.5 Å². The smallest absolute Gasteiger partial charge is 0.223 e. The molecule has 0 bridgehead atoms. The van der Waals surface area contributed by atoms with Gasteiger partial charge in [0.1, 0.15) is 0 Å². The second-order valence-electron chi connectivity index (χ2n) is 11.0. The van der Waals surface area contributed by atoms with E-state index in [1.807, 2.05) is 26.0 Å². The maximum atomic E-state index is 12.9. The van der Waals surface area contributed by atoms with E-state index in [-0.39, 0.29) is 29.7 Å². The Hall–Kier alpha value is -1.87. The van der Waals surface area contributed by atoms with Crippen molar-refractivity contribution in [1.29, 1.82) is 0 Å². The first-order chi connectivity index (χ1) is 17.7. The lowest BCUT2D eigenvalue weighted by molar-refractivity contribution is -0.128. The van der Waals surface area contributed by atoms with Crippen LogP contribution >= 0.6 is 0 Å². The van der Waals surface area contributed by atoms with E-state index in [1.165, 1.54) is 0 Å². The van der Waals surface area contributed by atoms with Crippen molar-refractivity contribution in [3.05, 3.63) is 23.8 Å². The van der Waals surface area contributed by atoms with Gasteiger partial charge in [-0.25, -0.2) is 0 Å². The van der Waals surface area contributed by atoms with Crippen LogP contribution in [0.4, 0.5) is 0 Å². The van der Waals surface area contributed by atoms with E-state index in [1.54, 1.807) is 14.2 Å². The van der Waals surface area contributed by atoms with Crippen LogP contribution in [0.1, 0.15) is 58.9 Å². The molecule has 1 amide bonds. The number of hydrogen-bond donors (Lipinski definition) is 3. The summed E-state index contributed by atoms with van der Waals surface area (Å²) in [4.78, 5) is 12.9. The molecular weight excluding hydrogens is 472 g/mol. The highest BCUT2D eigenvalue weighted by atomic mass is 16.5. The summed E-state index contributed by atoms with van der Waals surface area (Å²) in [6.07, 6.45) is 2.71. The topological polar surface area (TPSA) is 112 Å². The number of amides is 1. The maximum Gasteiger partial charge on any atom is 0.223 e. The Morgan fingerprint density at radius 3 is 2.49 bits per heavy atom. The zero-order chi connectivity index (χ0) is 27.4. The fourth-order valence-electron chi connectivity index (χ4n) is 4.82. The lowest BCUT2D eigenvalue weighted by atomic mass is 9.80. The second-order valence-corrected chi connectivity index (χ2v) is 11.0. The maximum absolute atomic E-state index is 12.9. The van der Waals surface area contributed by atoms with E-state index in [4.69, 9.17) is 24.7 Å². The van der Waals surface area contributed by atoms with Crippen LogP contribution in [-0.4, -0.2) is 69.8 Å². The third-order valence-electron chi connectivity index (χ3n) is 7.40. The molecule has 4 N–H and O–H groups in total. The van der Waals surface area contributed by atoms with Crippen molar-refractivity contribution in [2.75, 3.05) is 40.6 Å². The number of nitrogens with two attached hydrogens (primary N) is 1. The largest absolute Gasteiger partial charge is 0.493 e. The molecule has 0 saturated carbocycles. The van der Waals surface area contributed by atoms with Crippen molar-refractivity contribution in [2.45, 2.75) is 78.0 Å². The number of methoxy groups -OCH3 is 2. The Bertz CT molecular complexity index is 797. The fourth-order valence-corrected chi connectivity index (χ4v) is 4.82. The Balaban J connectivity index is 2.00. The Morgan fingerprint density at radius 2 is 1.89 bits per heavy atom. The van der Waals surface area contributed by atoms with Crippen LogP contribution in [0.2, 0.25) is 0 Å². The first kappa shape index (κ1) is 31.3. The number of carbonyl (C=O) groups is 1. The van der Waals surface area contributed by atoms with Gasteiger partial charge >= 0.3 is 0 Å². The molecule has 0 spiro atoms. The Labute approximate surface area is 223 Å². The van der Waals surface area contributed by atoms with Crippen LogP contribution in [0.15, 0.2) is 18.2 Å². The van der Waals surface area contributed by atoms with Crippen molar-refractivity contribution in [3.8, 4) is 11.5 Å². The molecule has 8 heteroatoms. The van der Waals surface area contributed by atoms with Crippen LogP contribution in [0.5, 0.6) is 11.5 Å². The van der Waals surface area contributed by atoms with Crippen molar-refractivity contribution in [3.63, 3.8) is 0 Å². The molecule has 37 heavy (non-hydrogen) atoms. The minimum atomic E-state index is -0.755. The number of nitrogens with one attached hydrogen (secondary N) is 1. The van der Waals surface area contributed by atoms with Gasteiger partial charge in [0, 0.05) is 38.7 Å². The van der Waals surface area contributed by atoms with E-state index < -0.39 is 12.1 Å². The van der Waals surface area contributed by atoms with E-state index in [2.05, 4.69) is 25.2 Å². The minimum absolute atomic E-state index is 0.0200. The third-order valence-corrected chi connectivity index (χ3v) is 7.40. The highest BCUT2D eigenvalue weighted by Gasteiger charge is 2.31. The minimum Gasteiger partial charge on any atom is -0.493 e. The van der Waals surface area contributed by atoms with Crippen LogP contribution in [0.3, 0.4) is 0 Å². The predicted molar refractivity (Wildman–Crippen MR) is 146 cm³/mol. The molecule has 1 aliphatic rings. The number of ether oxygens (including phenoxy) is 4. The number of hydrogen-bond acceptors (Lipinski definition) is 7. The third kappa shape index (κ3) is 10.4. The molecule has 1 aromatic rings. The summed E-state index contributed by atoms with van der Waals surface area (Å²) in [5.74, 6) is 1.86. The standard InChI is InChI=1S/C29H50N2O6/c1-19(2)22(14-21-8-9-27(35-6)28(15-21)37-12-7-11-34-5)16-25(30)26(32)17-24(20(3)4)29(33)31-23-10-13-36-18-23/h8-9,15,19-20,22-26,32H,7,10-14,16-18,30H2,1-6H3,(H,31,33)/t22?,23-,24?,25?,26?/m0/s1. The monoisotopic (exact) mass is 522 g/mol.